The van der Waals surface area contributed by atoms with Crippen molar-refractivity contribution in [1.29, 1.82) is 0 Å². The number of aromatic nitrogens is 2. The molecule has 0 radical (unpaired) electrons. The average Bonchev–Trinajstić information content (AvgIpc) is 3.00. The fourth-order valence-corrected chi connectivity index (χ4v) is 4.60. The van der Waals surface area contributed by atoms with E-state index in [1.54, 1.807) is 29.5 Å². The van der Waals surface area contributed by atoms with Gasteiger partial charge in [-0.05, 0) is 42.9 Å². The van der Waals surface area contributed by atoms with Crippen LogP contribution in [0.25, 0.3) is 10.2 Å². The number of ether oxygens (including phenoxy) is 2. The van der Waals surface area contributed by atoms with Gasteiger partial charge in [0, 0.05) is 4.88 Å². The van der Waals surface area contributed by atoms with E-state index < -0.39 is 5.97 Å². The summed E-state index contributed by atoms with van der Waals surface area (Å²) in [5.74, 6) is 1.21. The van der Waals surface area contributed by atoms with Gasteiger partial charge in [0.15, 0.2) is 0 Å². The molecule has 3 aromatic rings. The number of aryl methyl sites for hydroxylation is 1. The maximum Gasteiger partial charge on any atom is 0.341 e. The van der Waals surface area contributed by atoms with Crippen LogP contribution in [0.5, 0.6) is 11.6 Å². The Hall–Kier alpha value is -2.47. The van der Waals surface area contributed by atoms with Gasteiger partial charge >= 0.3 is 5.97 Å². The number of methoxy groups -OCH3 is 1. The lowest BCUT2D eigenvalue weighted by Crippen LogP contribution is -2.09. The molecule has 0 spiro atoms. The van der Waals surface area contributed by atoms with Crippen molar-refractivity contribution in [2.75, 3.05) is 7.11 Å². The first-order valence-corrected chi connectivity index (χ1v) is 9.09. The molecule has 128 valence electrons. The fraction of sp³-hybridized carbons (Fsp3) is 0.316. The molecule has 2 heterocycles. The molecule has 0 unspecified atom stereocenters. The Kier molecular flexibility index (Phi) is 4.13. The van der Waals surface area contributed by atoms with Crippen LogP contribution in [-0.2, 0) is 17.6 Å². The number of hydrogen-bond donors (Lipinski definition) is 0. The number of benzene rings is 1. The highest BCUT2D eigenvalue weighted by atomic mass is 32.1. The van der Waals surface area contributed by atoms with Crippen LogP contribution in [0.3, 0.4) is 0 Å². The summed E-state index contributed by atoms with van der Waals surface area (Å²) >= 11 is 1.72. The summed E-state index contributed by atoms with van der Waals surface area (Å²) in [6.45, 7) is 2.28. The summed E-state index contributed by atoms with van der Waals surface area (Å²) < 4.78 is 10.9. The molecule has 0 saturated carbocycles. The van der Waals surface area contributed by atoms with Gasteiger partial charge in [0.1, 0.15) is 22.5 Å². The Balaban J connectivity index is 1.80. The highest BCUT2D eigenvalue weighted by molar-refractivity contribution is 7.18. The van der Waals surface area contributed by atoms with Crippen LogP contribution in [0.1, 0.15) is 34.1 Å². The molecule has 1 aromatic carbocycles. The lowest BCUT2D eigenvalue weighted by atomic mass is 9.89. The topological polar surface area (TPSA) is 61.3 Å². The third-order valence-electron chi connectivity index (χ3n) is 4.56. The minimum atomic E-state index is -0.429. The van der Waals surface area contributed by atoms with E-state index >= 15 is 0 Å². The second-order valence-corrected chi connectivity index (χ2v) is 7.38. The van der Waals surface area contributed by atoms with E-state index in [9.17, 15) is 4.79 Å². The number of thiophene rings is 1. The zero-order chi connectivity index (χ0) is 17.4. The number of nitrogens with zero attached hydrogens (tertiary/aromatic N) is 2. The average molecular weight is 354 g/mol. The summed E-state index contributed by atoms with van der Waals surface area (Å²) in [6, 6.07) is 7.04. The van der Waals surface area contributed by atoms with Crippen molar-refractivity contribution in [2.45, 2.75) is 26.2 Å². The van der Waals surface area contributed by atoms with E-state index in [1.165, 1.54) is 23.9 Å². The molecular weight excluding hydrogens is 336 g/mol. The molecule has 1 aliphatic rings. The molecule has 0 aliphatic heterocycles. The Morgan fingerprint density at radius 2 is 2.12 bits per heavy atom. The summed E-state index contributed by atoms with van der Waals surface area (Å²) in [5, 5.41) is 0.981. The predicted molar refractivity (Wildman–Crippen MR) is 96.5 cm³/mol. The largest absolute Gasteiger partial charge is 0.465 e. The van der Waals surface area contributed by atoms with Gasteiger partial charge in [0.2, 0.25) is 5.88 Å². The minimum Gasteiger partial charge on any atom is -0.465 e. The zero-order valence-corrected chi connectivity index (χ0v) is 14.9. The Morgan fingerprint density at radius 3 is 2.96 bits per heavy atom. The number of hydrogen-bond acceptors (Lipinski definition) is 6. The van der Waals surface area contributed by atoms with E-state index in [0.29, 0.717) is 23.1 Å². The molecule has 6 heteroatoms. The van der Waals surface area contributed by atoms with Crippen LogP contribution >= 0.6 is 11.3 Å². The molecule has 1 atom stereocenters. The molecule has 4 rings (SSSR count). The SMILES string of the molecule is COC(=O)c1ccccc1Oc1ncnc2sc3c(c12)CC[C@H](C)C3. The first kappa shape index (κ1) is 16.0. The lowest BCUT2D eigenvalue weighted by Gasteiger charge is -2.18. The first-order chi connectivity index (χ1) is 12.2. The van der Waals surface area contributed by atoms with Crippen molar-refractivity contribution in [3.63, 3.8) is 0 Å². The van der Waals surface area contributed by atoms with E-state index in [4.69, 9.17) is 9.47 Å². The van der Waals surface area contributed by atoms with Crippen molar-refractivity contribution in [3.05, 3.63) is 46.6 Å². The van der Waals surface area contributed by atoms with E-state index in [0.717, 1.165) is 29.5 Å². The number of esters is 1. The van der Waals surface area contributed by atoms with Gasteiger partial charge in [-0.15, -0.1) is 11.3 Å². The predicted octanol–water partition coefficient (Wildman–Crippen LogP) is 4.40. The quantitative estimate of drug-likeness (QED) is 0.653. The molecular formula is C19H18N2O3S. The Bertz CT molecular complexity index is 951. The number of fused-ring (bicyclic) bond motifs is 3. The van der Waals surface area contributed by atoms with Crippen LogP contribution in [0.4, 0.5) is 0 Å². The molecule has 0 saturated heterocycles. The van der Waals surface area contributed by atoms with Gasteiger partial charge < -0.3 is 9.47 Å². The van der Waals surface area contributed by atoms with E-state index in [2.05, 4.69) is 16.9 Å². The molecule has 25 heavy (non-hydrogen) atoms. The van der Waals surface area contributed by atoms with Crippen molar-refractivity contribution in [2.24, 2.45) is 5.92 Å². The van der Waals surface area contributed by atoms with E-state index in [1.807, 2.05) is 6.07 Å². The molecule has 1 aliphatic carbocycles. The van der Waals surface area contributed by atoms with Crippen LogP contribution in [0.15, 0.2) is 30.6 Å². The lowest BCUT2D eigenvalue weighted by molar-refractivity contribution is 0.0598. The summed E-state index contributed by atoms with van der Waals surface area (Å²) in [5.41, 5.74) is 1.68. The highest BCUT2D eigenvalue weighted by Crippen LogP contribution is 2.41. The smallest absolute Gasteiger partial charge is 0.341 e. The third kappa shape index (κ3) is 2.87. The van der Waals surface area contributed by atoms with Crippen molar-refractivity contribution in [3.8, 4) is 11.6 Å². The first-order valence-electron chi connectivity index (χ1n) is 8.27. The Morgan fingerprint density at radius 1 is 1.28 bits per heavy atom. The van der Waals surface area contributed by atoms with Crippen LogP contribution < -0.4 is 4.74 Å². The van der Waals surface area contributed by atoms with Gasteiger partial charge in [0.25, 0.3) is 0 Å². The summed E-state index contributed by atoms with van der Waals surface area (Å²) in [4.78, 5) is 23.1. The normalized spacial score (nSPS) is 16.5. The second kappa shape index (κ2) is 6.44. The molecule has 0 bridgehead atoms. The molecule has 0 amide bonds. The monoisotopic (exact) mass is 354 g/mol. The number of carbonyl (C=O) groups is 1. The zero-order valence-electron chi connectivity index (χ0n) is 14.1. The van der Waals surface area contributed by atoms with Crippen LogP contribution in [0, 0.1) is 5.92 Å². The van der Waals surface area contributed by atoms with Crippen LogP contribution in [-0.4, -0.2) is 23.0 Å². The van der Waals surface area contributed by atoms with Crippen molar-refractivity contribution >= 4 is 27.5 Å². The summed E-state index contributed by atoms with van der Waals surface area (Å²) in [6.07, 6.45) is 4.77. The number of rotatable bonds is 3. The van der Waals surface area contributed by atoms with E-state index in [-0.39, 0.29) is 0 Å². The van der Waals surface area contributed by atoms with Gasteiger partial charge in [-0.1, -0.05) is 19.1 Å². The highest BCUT2D eigenvalue weighted by Gasteiger charge is 2.24. The minimum absolute atomic E-state index is 0.384. The maximum atomic E-state index is 12.0. The molecule has 5 nitrogen and oxygen atoms in total. The molecule has 0 N–H and O–H groups in total. The van der Waals surface area contributed by atoms with Gasteiger partial charge in [-0.2, -0.15) is 0 Å². The van der Waals surface area contributed by atoms with Crippen LogP contribution in [0.2, 0.25) is 0 Å². The third-order valence-corrected chi connectivity index (χ3v) is 5.72. The number of carbonyl (C=O) groups excluding carboxylic acids is 1. The maximum absolute atomic E-state index is 12.0. The molecule has 0 fully saturated rings. The fourth-order valence-electron chi connectivity index (χ4n) is 3.26. The van der Waals surface area contributed by atoms with Crippen molar-refractivity contribution < 1.29 is 14.3 Å². The van der Waals surface area contributed by atoms with Gasteiger partial charge in [0.05, 0.1) is 12.5 Å². The number of para-hydroxylation sites is 1. The van der Waals surface area contributed by atoms with Gasteiger partial charge in [-0.25, -0.2) is 14.8 Å². The second-order valence-electron chi connectivity index (χ2n) is 6.30. The molecule has 2 aromatic heterocycles. The Labute approximate surface area is 149 Å². The standard InChI is InChI=1S/C19H18N2O3S/c1-11-7-8-13-15(9-11)25-18-16(13)17(20-10-21-18)24-14-6-4-3-5-12(14)19(22)23-2/h3-6,10-11H,7-9H2,1-2H3/t11-/m0/s1. The van der Waals surface area contributed by atoms with Crippen molar-refractivity contribution in [1.82, 2.24) is 9.97 Å². The summed E-state index contributed by atoms with van der Waals surface area (Å²) in [7, 11) is 1.36. The van der Waals surface area contributed by atoms with Gasteiger partial charge in [-0.3, -0.25) is 0 Å².